The normalized spacial score (nSPS) is 11.0. The van der Waals surface area contributed by atoms with Crippen molar-refractivity contribution in [3.63, 3.8) is 0 Å². The predicted octanol–water partition coefficient (Wildman–Crippen LogP) is 5.36. The number of carbonyl (C=O) groups is 1. The fraction of sp³-hybridized carbons (Fsp3) is 0.600. The van der Waals surface area contributed by atoms with E-state index in [9.17, 15) is 14.9 Å². The predicted molar refractivity (Wildman–Crippen MR) is 105 cm³/mol. The molecule has 0 bridgehead atoms. The SMILES string of the molecule is CCCCCCCCCCCCC(=O)NN=Cc1ccc([N+](=O)[O-])cc1. The van der Waals surface area contributed by atoms with Crippen LogP contribution in [-0.2, 0) is 4.79 Å². The molecule has 0 aliphatic carbocycles. The van der Waals surface area contributed by atoms with Gasteiger partial charge in [0.05, 0.1) is 11.1 Å². The molecule has 1 aromatic rings. The number of nitrogens with one attached hydrogen (secondary N) is 1. The highest BCUT2D eigenvalue weighted by Gasteiger charge is 2.03. The molecular formula is C20H31N3O3. The van der Waals surface area contributed by atoms with E-state index in [0.717, 1.165) is 12.8 Å². The van der Waals surface area contributed by atoms with Crippen molar-refractivity contribution in [1.82, 2.24) is 5.43 Å². The van der Waals surface area contributed by atoms with Gasteiger partial charge in [-0.15, -0.1) is 0 Å². The Morgan fingerprint density at radius 1 is 1.00 bits per heavy atom. The van der Waals surface area contributed by atoms with Crippen molar-refractivity contribution in [2.45, 2.75) is 77.6 Å². The molecule has 1 aromatic carbocycles. The number of nitro groups is 1. The van der Waals surface area contributed by atoms with Crippen molar-refractivity contribution in [2.24, 2.45) is 5.10 Å². The first kappa shape index (κ1) is 21.8. The molecule has 0 saturated carbocycles. The van der Waals surface area contributed by atoms with Crippen LogP contribution in [0.2, 0.25) is 0 Å². The maximum absolute atomic E-state index is 11.7. The molecule has 0 heterocycles. The lowest BCUT2D eigenvalue weighted by Crippen LogP contribution is -2.16. The molecule has 0 aliphatic heterocycles. The molecule has 0 unspecified atom stereocenters. The molecule has 0 aliphatic rings. The van der Waals surface area contributed by atoms with Crippen LogP contribution in [0.3, 0.4) is 0 Å². The summed E-state index contributed by atoms with van der Waals surface area (Å²) in [5, 5.41) is 14.5. The van der Waals surface area contributed by atoms with Crippen LogP contribution < -0.4 is 5.43 Å². The van der Waals surface area contributed by atoms with Crippen molar-refractivity contribution >= 4 is 17.8 Å². The Balaban J connectivity index is 2.03. The van der Waals surface area contributed by atoms with Gasteiger partial charge in [0, 0.05) is 18.6 Å². The second kappa shape index (κ2) is 14.0. The molecule has 1 N–H and O–H groups in total. The van der Waals surface area contributed by atoms with Gasteiger partial charge in [0.2, 0.25) is 5.91 Å². The number of carbonyl (C=O) groups excluding carboxylic acids is 1. The van der Waals surface area contributed by atoms with Gasteiger partial charge < -0.3 is 0 Å². The maximum Gasteiger partial charge on any atom is 0.269 e. The summed E-state index contributed by atoms with van der Waals surface area (Å²) in [6.45, 7) is 2.23. The Morgan fingerprint density at radius 3 is 2.08 bits per heavy atom. The second-order valence-corrected chi connectivity index (χ2v) is 6.57. The van der Waals surface area contributed by atoms with Crippen molar-refractivity contribution in [3.8, 4) is 0 Å². The fourth-order valence-corrected chi connectivity index (χ4v) is 2.69. The summed E-state index contributed by atoms with van der Waals surface area (Å²) in [6, 6.07) is 6.01. The van der Waals surface area contributed by atoms with Gasteiger partial charge in [0.15, 0.2) is 0 Å². The van der Waals surface area contributed by atoms with Gasteiger partial charge in [0.1, 0.15) is 0 Å². The van der Waals surface area contributed by atoms with Gasteiger partial charge in [-0.05, 0) is 24.1 Å². The molecule has 1 amide bonds. The van der Waals surface area contributed by atoms with Crippen molar-refractivity contribution in [2.75, 3.05) is 0 Å². The minimum absolute atomic E-state index is 0.0344. The lowest BCUT2D eigenvalue weighted by atomic mass is 10.1. The summed E-state index contributed by atoms with van der Waals surface area (Å²) in [6.07, 6.45) is 14.4. The molecule has 6 nitrogen and oxygen atoms in total. The summed E-state index contributed by atoms with van der Waals surface area (Å²) < 4.78 is 0. The molecule has 0 saturated heterocycles. The maximum atomic E-state index is 11.7. The number of benzene rings is 1. The Kier molecular flexibility index (Phi) is 11.7. The Morgan fingerprint density at radius 2 is 1.54 bits per heavy atom. The van der Waals surface area contributed by atoms with Gasteiger partial charge in [-0.25, -0.2) is 5.43 Å². The lowest BCUT2D eigenvalue weighted by Gasteiger charge is -2.02. The van der Waals surface area contributed by atoms with E-state index in [1.807, 2.05) is 0 Å². The molecular weight excluding hydrogens is 330 g/mol. The third kappa shape index (κ3) is 10.6. The number of hydrazone groups is 1. The van der Waals surface area contributed by atoms with Crippen LogP contribution in [0.4, 0.5) is 5.69 Å². The zero-order valence-corrected chi connectivity index (χ0v) is 15.8. The van der Waals surface area contributed by atoms with Crippen LogP contribution in [0.25, 0.3) is 0 Å². The highest BCUT2D eigenvalue weighted by molar-refractivity contribution is 5.82. The van der Waals surface area contributed by atoms with E-state index in [4.69, 9.17) is 0 Å². The molecule has 6 heteroatoms. The molecule has 0 atom stereocenters. The lowest BCUT2D eigenvalue weighted by molar-refractivity contribution is -0.384. The Hall–Kier alpha value is -2.24. The van der Waals surface area contributed by atoms with E-state index in [0.29, 0.717) is 12.0 Å². The summed E-state index contributed by atoms with van der Waals surface area (Å²) in [5.41, 5.74) is 3.23. The second-order valence-electron chi connectivity index (χ2n) is 6.57. The van der Waals surface area contributed by atoms with Gasteiger partial charge in [-0.3, -0.25) is 14.9 Å². The van der Waals surface area contributed by atoms with E-state index >= 15 is 0 Å². The standard InChI is InChI=1S/C20H31N3O3/c1-2-3-4-5-6-7-8-9-10-11-12-20(24)22-21-17-18-13-15-19(16-14-18)23(25)26/h13-17H,2-12H2,1H3,(H,22,24). The number of nitro benzene ring substituents is 1. The van der Waals surface area contributed by atoms with Crippen molar-refractivity contribution < 1.29 is 9.72 Å². The van der Waals surface area contributed by atoms with Crippen LogP contribution in [0.15, 0.2) is 29.4 Å². The van der Waals surface area contributed by atoms with Crippen LogP contribution in [0.5, 0.6) is 0 Å². The summed E-state index contributed by atoms with van der Waals surface area (Å²) >= 11 is 0. The topological polar surface area (TPSA) is 84.6 Å². The zero-order chi connectivity index (χ0) is 19.0. The molecule has 0 aromatic heterocycles. The van der Waals surface area contributed by atoms with E-state index in [1.165, 1.54) is 69.7 Å². The first-order chi connectivity index (χ1) is 12.6. The fourth-order valence-electron chi connectivity index (χ4n) is 2.69. The third-order valence-corrected chi connectivity index (χ3v) is 4.26. The summed E-state index contributed by atoms with van der Waals surface area (Å²) in [5.74, 6) is -0.0947. The van der Waals surface area contributed by atoms with Crippen LogP contribution in [-0.4, -0.2) is 17.0 Å². The molecule has 26 heavy (non-hydrogen) atoms. The zero-order valence-electron chi connectivity index (χ0n) is 15.8. The number of unbranched alkanes of at least 4 members (excludes halogenated alkanes) is 9. The number of rotatable bonds is 14. The van der Waals surface area contributed by atoms with Gasteiger partial charge in [0.25, 0.3) is 5.69 Å². The first-order valence-corrected chi connectivity index (χ1v) is 9.70. The molecule has 1 rings (SSSR count). The molecule has 144 valence electrons. The molecule has 0 radical (unpaired) electrons. The highest BCUT2D eigenvalue weighted by Crippen LogP contribution is 2.12. The smallest absolute Gasteiger partial charge is 0.269 e. The average molecular weight is 361 g/mol. The molecule has 0 fully saturated rings. The van der Waals surface area contributed by atoms with Gasteiger partial charge in [-0.2, -0.15) is 5.10 Å². The monoisotopic (exact) mass is 361 g/mol. The number of nitrogens with zero attached hydrogens (tertiary/aromatic N) is 2. The number of hydrogen-bond acceptors (Lipinski definition) is 4. The van der Waals surface area contributed by atoms with E-state index in [1.54, 1.807) is 12.1 Å². The van der Waals surface area contributed by atoms with E-state index < -0.39 is 4.92 Å². The minimum atomic E-state index is -0.449. The van der Waals surface area contributed by atoms with Crippen molar-refractivity contribution in [3.05, 3.63) is 39.9 Å². The minimum Gasteiger partial charge on any atom is -0.273 e. The number of hydrogen-bond donors (Lipinski definition) is 1. The van der Waals surface area contributed by atoms with Crippen LogP contribution in [0.1, 0.15) is 83.1 Å². The number of amides is 1. The Bertz CT molecular complexity index is 556. The highest BCUT2D eigenvalue weighted by atomic mass is 16.6. The van der Waals surface area contributed by atoms with Crippen molar-refractivity contribution in [1.29, 1.82) is 0 Å². The Labute approximate surface area is 156 Å². The third-order valence-electron chi connectivity index (χ3n) is 4.26. The van der Waals surface area contributed by atoms with Crippen LogP contribution in [0, 0.1) is 10.1 Å². The quantitative estimate of drug-likeness (QED) is 0.210. The summed E-state index contributed by atoms with van der Waals surface area (Å²) in [7, 11) is 0. The number of non-ortho nitro benzene ring substituents is 1. The average Bonchev–Trinajstić information content (AvgIpc) is 2.63. The van der Waals surface area contributed by atoms with E-state index in [2.05, 4.69) is 17.5 Å². The van der Waals surface area contributed by atoms with Gasteiger partial charge in [-0.1, -0.05) is 64.7 Å². The van der Waals surface area contributed by atoms with Crippen LogP contribution >= 0.6 is 0 Å². The van der Waals surface area contributed by atoms with E-state index in [-0.39, 0.29) is 11.6 Å². The largest absolute Gasteiger partial charge is 0.273 e. The van der Waals surface area contributed by atoms with Gasteiger partial charge >= 0.3 is 0 Å². The first-order valence-electron chi connectivity index (χ1n) is 9.70. The molecule has 0 spiro atoms. The summed E-state index contributed by atoms with van der Waals surface area (Å²) in [4.78, 5) is 21.8.